The summed E-state index contributed by atoms with van der Waals surface area (Å²) in [5.41, 5.74) is -0.910. The highest BCUT2D eigenvalue weighted by atomic mass is 32.2. The lowest BCUT2D eigenvalue weighted by molar-refractivity contribution is -0.419. The molecule has 0 radical (unpaired) electrons. The number of carbonyl (C=O) groups is 1. The number of carbonyl (C=O) groups excluding carboxylic acids is 1. The summed E-state index contributed by atoms with van der Waals surface area (Å²) in [6.07, 6.45) is 0. The zero-order valence-corrected chi connectivity index (χ0v) is 30.2. The van der Waals surface area contributed by atoms with Crippen LogP contribution in [0.5, 0.6) is 17.2 Å². The van der Waals surface area contributed by atoms with Crippen LogP contribution in [-0.2, 0) is 16.0 Å². The monoisotopic (exact) mass is 850 g/mol. The molecule has 5 aromatic rings. The summed E-state index contributed by atoms with van der Waals surface area (Å²) in [4.78, 5) is 13.1. The Labute approximate surface area is 321 Å². The Bertz CT molecular complexity index is 2400. The van der Waals surface area contributed by atoms with Gasteiger partial charge >= 0.3 is 45.0 Å². The van der Waals surface area contributed by atoms with Gasteiger partial charge in [0.1, 0.15) is 17.2 Å². The molecular formula is C39H26F12O6S. The summed E-state index contributed by atoms with van der Waals surface area (Å²) in [7, 11) is -6.13. The summed E-state index contributed by atoms with van der Waals surface area (Å²) in [5, 5.41) is -7.56. The van der Waals surface area contributed by atoms with Crippen LogP contribution in [-0.4, -0.2) is 54.8 Å². The number of ketones is 1. The summed E-state index contributed by atoms with van der Waals surface area (Å²) in [6.45, 7) is 0.559. The number of hydrogen-bond donors (Lipinski definition) is 1. The lowest BCUT2D eigenvalue weighted by Gasteiger charge is -2.40. The largest absolute Gasteiger partial charge is 0.497 e. The Hall–Kier alpha value is -5.56. The van der Waals surface area contributed by atoms with Gasteiger partial charge in [0, 0.05) is 16.7 Å². The second-order valence-corrected chi connectivity index (χ2v) is 14.1. The molecule has 0 spiro atoms. The highest BCUT2D eigenvalue weighted by molar-refractivity contribution is 7.87. The van der Waals surface area contributed by atoms with Gasteiger partial charge in [-0.05, 0) is 89.3 Å². The number of alkyl halides is 12. The molecule has 0 saturated heterocycles. The predicted molar refractivity (Wildman–Crippen MR) is 185 cm³/mol. The van der Waals surface area contributed by atoms with Crippen LogP contribution in [0.25, 0.3) is 22.3 Å². The van der Waals surface area contributed by atoms with Crippen LogP contribution in [0, 0.1) is 6.92 Å². The fourth-order valence-corrected chi connectivity index (χ4v) is 5.99. The first kappa shape index (κ1) is 43.6. The van der Waals surface area contributed by atoms with Crippen molar-refractivity contribution in [2.24, 2.45) is 0 Å². The van der Waals surface area contributed by atoms with Crippen molar-refractivity contribution in [1.82, 2.24) is 0 Å². The molecule has 58 heavy (non-hydrogen) atoms. The van der Waals surface area contributed by atoms with E-state index in [9.17, 15) is 57.1 Å². The Balaban J connectivity index is 1.32. The number of hydrogen-bond acceptors (Lipinski definition) is 5. The van der Waals surface area contributed by atoms with Crippen molar-refractivity contribution in [3.8, 4) is 39.5 Å². The van der Waals surface area contributed by atoms with E-state index in [4.69, 9.17) is 14.0 Å². The van der Waals surface area contributed by atoms with Crippen LogP contribution in [0.15, 0.2) is 115 Å². The highest BCUT2D eigenvalue weighted by Gasteiger charge is 2.92. The maximum atomic E-state index is 15.2. The zero-order chi connectivity index (χ0) is 43.3. The molecule has 19 heteroatoms. The number of methoxy groups -OCH3 is 1. The van der Waals surface area contributed by atoms with E-state index in [1.165, 1.54) is 12.1 Å². The summed E-state index contributed by atoms with van der Waals surface area (Å²) in [5.74, 6) is -38.8. The van der Waals surface area contributed by atoms with Crippen LogP contribution >= 0.6 is 0 Å². The van der Waals surface area contributed by atoms with Crippen LogP contribution in [0.1, 0.15) is 27.0 Å². The van der Waals surface area contributed by atoms with Crippen molar-refractivity contribution in [1.29, 1.82) is 0 Å². The van der Waals surface area contributed by atoms with Crippen molar-refractivity contribution >= 4 is 15.9 Å². The molecule has 0 aliphatic carbocycles. The van der Waals surface area contributed by atoms with Gasteiger partial charge < -0.3 is 9.47 Å². The maximum Gasteiger partial charge on any atom is 0.438 e. The molecule has 0 aromatic heterocycles. The fraction of sp³-hybridized carbons (Fsp3) is 0.205. The number of benzene rings is 5. The van der Waals surface area contributed by atoms with E-state index in [0.29, 0.717) is 18.7 Å². The molecule has 6 nitrogen and oxygen atoms in total. The lowest BCUT2D eigenvalue weighted by Crippen LogP contribution is -2.71. The quantitative estimate of drug-likeness (QED) is 0.0680. The molecule has 0 atom stereocenters. The van der Waals surface area contributed by atoms with Gasteiger partial charge in [-0.3, -0.25) is 9.35 Å². The van der Waals surface area contributed by atoms with Gasteiger partial charge in [-0.1, -0.05) is 60.7 Å². The second kappa shape index (κ2) is 15.0. The summed E-state index contributed by atoms with van der Waals surface area (Å²) >= 11 is 0. The van der Waals surface area contributed by atoms with Crippen LogP contribution in [0.3, 0.4) is 0 Å². The molecular weight excluding hydrogens is 824 g/mol. The molecule has 5 aromatic carbocycles. The first-order valence-electron chi connectivity index (χ1n) is 16.2. The van der Waals surface area contributed by atoms with Crippen LogP contribution in [0.4, 0.5) is 52.7 Å². The topological polar surface area (TPSA) is 89.9 Å². The molecule has 0 unspecified atom stereocenters. The minimum absolute atomic E-state index is 0.122. The van der Waals surface area contributed by atoms with Crippen molar-refractivity contribution in [2.75, 3.05) is 7.11 Å². The molecule has 0 fully saturated rings. The average Bonchev–Trinajstić information content (AvgIpc) is 3.17. The smallest absolute Gasteiger partial charge is 0.438 e. The van der Waals surface area contributed by atoms with Gasteiger partial charge in [0.2, 0.25) is 0 Å². The van der Waals surface area contributed by atoms with Gasteiger partial charge in [-0.2, -0.15) is 61.1 Å². The normalized spacial score (nSPS) is 13.3. The molecule has 0 amide bonds. The van der Waals surface area contributed by atoms with E-state index in [0.717, 1.165) is 46.2 Å². The highest BCUT2D eigenvalue weighted by Crippen LogP contribution is 2.62. The summed E-state index contributed by atoms with van der Waals surface area (Å²) in [6, 6.07) is 27.8. The third-order valence-corrected chi connectivity index (χ3v) is 9.86. The Kier molecular flexibility index (Phi) is 11.3. The number of aryl methyl sites for hydroxylation is 1. The van der Waals surface area contributed by atoms with Crippen molar-refractivity contribution in [3.05, 3.63) is 138 Å². The van der Waals surface area contributed by atoms with Gasteiger partial charge in [0.15, 0.2) is 5.78 Å². The van der Waals surface area contributed by atoms with E-state index >= 15 is 8.78 Å². The lowest BCUT2D eigenvalue weighted by atomic mass is 9.87. The van der Waals surface area contributed by atoms with Crippen LogP contribution < -0.4 is 9.47 Å². The third-order valence-electron chi connectivity index (χ3n) is 8.95. The van der Waals surface area contributed by atoms with Crippen molar-refractivity contribution in [3.63, 3.8) is 0 Å². The molecule has 0 heterocycles. The van der Waals surface area contributed by atoms with E-state index < -0.39 is 67.5 Å². The van der Waals surface area contributed by atoms with Crippen molar-refractivity contribution < 1.29 is 79.9 Å². The standard InChI is InChI=1S/C39H26F12O6S/c1-22-3-4-28(21-32(22)34(40,41)35(42,43)36(44,45)37(46,47)38(48,49)39(50,51)58(53,54)55)33(52)27-13-19-31(20-14-27)57-30-17-11-26(12-18-30)24-7-5-23(6-8-24)25-9-15-29(56-2)16-10-25/h3-21H,1-2H3,(H,53,54,55). The number of ether oxygens (including phenoxy) is 2. The van der Waals surface area contributed by atoms with Crippen molar-refractivity contribution in [2.45, 2.75) is 41.8 Å². The minimum atomic E-state index is -8.25. The number of rotatable bonds is 14. The second-order valence-electron chi connectivity index (χ2n) is 12.7. The van der Waals surface area contributed by atoms with E-state index in [2.05, 4.69) is 0 Å². The molecule has 1 N–H and O–H groups in total. The Morgan fingerprint density at radius 1 is 0.517 bits per heavy atom. The third kappa shape index (κ3) is 7.36. The fourth-order valence-electron chi connectivity index (χ4n) is 5.54. The van der Waals surface area contributed by atoms with Crippen LogP contribution in [0.2, 0.25) is 0 Å². The van der Waals surface area contributed by atoms with E-state index in [1.807, 2.05) is 48.5 Å². The number of halogens is 12. The minimum Gasteiger partial charge on any atom is -0.497 e. The SMILES string of the molecule is COc1ccc(-c2ccc(-c3ccc(Oc4ccc(C(=O)c5ccc(C)c(C(F)(F)C(F)(F)C(F)(F)C(F)(F)C(F)(F)C(F)(F)S(=O)(=O)O)c5)cc4)cc3)cc2)cc1. The summed E-state index contributed by atoms with van der Waals surface area (Å²) < 4.78 is 212. The molecule has 0 aliphatic heterocycles. The molecule has 0 bridgehead atoms. The van der Waals surface area contributed by atoms with Gasteiger partial charge in [0.25, 0.3) is 0 Å². The average molecular weight is 851 g/mol. The first-order chi connectivity index (χ1) is 26.7. The van der Waals surface area contributed by atoms with Gasteiger partial charge in [-0.25, -0.2) is 0 Å². The van der Waals surface area contributed by atoms with E-state index in [1.54, 1.807) is 31.4 Å². The Morgan fingerprint density at radius 2 is 0.879 bits per heavy atom. The molecule has 5 rings (SSSR count). The first-order valence-corrected chi connectivity index (χ1v) is 17.7. The maximum absolute atomic E-state index is 15.2. The van der Waals surface area contributed by atoms with E-state index in [-0.39, 0.29) is 17.4 Å². The zero-order valence-electron chi connectivity index (χ0n) is 29.4. The molecule has 308 valence electrons. The Morgan fingerprint density at radius 3 is 1.29 bits per heavy atom. The predicted octanol–water partition coefficient (Wildman–Crippen LogP) is 11.5. The molecule has 0 aliphatic rings. The van der Waals surface area contributed by atoms with Gasteiger partial charge in [0.05, 0.1) is 7.11 Å². The molecule has 0 saturated carbocycles. The van der Waals surface area contributed by atoms with Gasteiger partial charge in [-0.15, -0.1) is 0 Å².